The number of benzene rings is 3. The number of rotatable bonds is 8. The van der Waals surface area contributed by atoms with Crippen molar-refractivity contribution in [1.29, 1.82) is 0 Å². The molecule has 0 aliphatic carbocycles. The van der Waals surface area contributed by atoms with E-state index in [0.717, 1.165) is 11.1 Å². The molecule has 4 rings (SSSR count). The van der Waals surface area contributed by atoms with Crippen LogP contribution in [0, 0.1) is 6.92 Å². The summed E-state index contributed by atoms with van der Waals surface area (Å²) >= 11 is 12.1. The molecule has 0 unspecified atom stereocenters. The molecule has 8 heteroatoms. The van der Waals surface area contributed by atoms with Crippen LogP contribution in [0.2, 0.25) is 10.0 Å². The molecule has 1 heterocycles. The Kier molecular flexibility index (Phi) is 8.30. The van der Waals surface area contributed by atoms with E-state index in [-0.39, 0.29) is 11.0 Å². The number of ether oxygens (including phenoxy) is 1. The molecule has 3 aromatic carbocycles. The Bertz CT molecular complexity index is 1210. The molecule has 0 N–H and O–H groups in total. The van der Waals surface area contributed by atoms with Gasteiger partial charge in [0.2, 0.25) is 10.0 Å². The SMILES string of the molecule is Cc1cccc(CO[C@H](CN2CCN(S(=O)(=O)c3cccc(Cl)c3)CC2)c2ccc(Cl)cc2)c1. The van der Waals surface area contributed by atoms with E-state index in [1.807, 2.05) is 30.3 Å². The largest absolute Gasteiger partial charge is 0.368 e. The number of nitrogens with zero attached hydrogens (tertiary/aromatic N) is 2. The third-order valence-electron chi connectivity index (χ3n) is 5.96. The fourth-order valence-corrected chi connectivity index (χ4v) is 5.94. The van der Waals surface area contributed by atoms with Crippen LogP contribution in [0.5, 0.6) is 0 Å². The Morgan fingerprint density at radius 1 is 0.882 bits per heavy atom. The fourth-order valence-electron chi connectivity index (χ4n) is 4.09. The number of halogens is 2. The van der Waals surface area contributed by atoms with Crippen LogP contribution in [0.15, 0.2) is 77.7 Å². The first kappa shape index (κ1) is 25.2. The van der Waals surface area contributed by atoms with Gasteiger partial charge in [0.25, 0.3) is 0 Å². The molecule has 0 amide bonds. The lowest BCUT2D eigenvalue weighted by atomic mass is 10.1. The minimum absolute atomic E-state index is 0.158. The van der Waals surface area contributed by atoms with Gasteiger partial charge in [0.05, 0.1) is 17.6 Å². The van der Waals surface area contributed by atoms with Crippen molar-refractivity contribution in [3.05, 3.63) is 99.5 Å². The Morgan fingerprint density at radius 3 is 2.26 bits per heavy atom. The highest BCUT2D eigenvalue weighted by Crippen LogP contribution is 2.25. The van der Waals surface area contributed by atoms with Crippen molar-refractivity contribution in [2.75, 3.05) is 32.7 Å². The molecule has 0 saturated carbocycles. The van der Waals surface area contributed by atoms with Crippen molar-refractivity contribution in [3.8, 4) is 0 Å². The van der Waals surface area contributed by atoms with E-state index >= 15 is 0 Å². The van der Waals surface area contributed by atoms with Gasteiger partial charge in [-0.3, -0.25) is 4.90 Å². The molecular formula is C26H28Cl2N2O3S. The monoisotopic (exact) mass is 518 g/mol. The first-order valence-electron chi connectivity index (χ1n) is 11.2. The van der Waals surface area contributed by atoms with Gasteiger partial charge in [0, 0.05) is 42.8 Å². The second kappa shape index (κ2) is 11.2. The normalized spacial score (nSPS) is 16.4. The van der Waals surface area contributed by atoms with E-state index < -0.39 is 10.0 Å². The summed E-state index contributed by atoms with van der Waals surface area (Å²) in [6.07, 6.45) is -0.158. The fraction of sp³-hybridized carbons (Fsp3) is 0.308. The van der Waals surface area contributed by atoms with Gasteiger partial charge in [0.1, 0.15) is 0 Å². The lowest BCUT2D eigenvalue weighted by molar-refractivity contribution is 0.00771. The minimum atomic E-state index is -3.57. The molecule has 3 aromatic rings. The zero-order chi connectivity index (χ0) is 24.1. The maximum Gasteiger partial charge on any atom is 0.243 e. The topological polar surface area (TPSA) is 49.9 Å². The van der Waals surface area contributed by atoms with Crippen molar-refractivity contribution in [3.63, 3.8) is 0 Å². The summed E-state index contributed by atoms with van der Waals surface area (Å²) in [7, 11) is -3.57. The molecule has 1 atom stereocenters. The molecular weight excluding hydrogens is 491 g/mol. The predicted octanol–water partition coefficient (Wildman–Crippen LogP) is 5.57. The highest BCUT2D eigenvalue weighted by molar-refractivity contribution is 7.89. The molecule has 5 nitrogen and oxygen atoms in total. The maximum absolute atomic E-state index is 13.0. The first-order valence-corrected chi connectivity index (χ1v) is 13.4. The van der Waals surface area contributed by atoms with Crippen molar-refractivity contribution in [2.45, 2.75) is 24.5 Å². The average molecular weight is 519 g/mol. The van der Waals surface area contributed by atoms with Crippen LogP contribution < -0.4 is 0 Å². The lowest BCUT2D eigenvalue weighted by Crippen LogP contribution is -2.49. The second-order valence-corrected chi connectivity index (χ2v) is 11.3. The zero-order valence-electron chi connectivity index (χ0n) is 19.0. The predicted molar refractivity (Wildman–Crippen MR) is 137 cm³/mol. The van der Waals surface area contributed by atoms with Crippen LogP contribution in [0.3, 0.4) is 0 Å². The van der Waals surface area contributed by atoms with E-state index in [2.05, 4.69) is 30.0 Å². The van der Waals surface area contributed by atoms with Gasteiger partial charge in [-0.1, -0.05) is 71.2 Å². The molecule has 1 aliphatic heterocycles. The van der Waals surface area contributed by atoms with Crippen LogP contribution in [0.1, 0.15) is 22.8 Å². The van der Waals surface area contributed by atoms with Crippen molar-refractivity contribution in [2.24, 2.45) is 0 Å². The van der Waals surface area contributed by atoms with Gasteiger partial charge >= 0.3 is 0 Å². The van der Waals surface area contributed by atoms with Crippen LogP contribution in [-0.2, 0) is 21.4 Å². The third-order valence-corrected chi connectivity index (χ3v) is 8.35. The quantitative estimate of drug-likeness (QED) is 0.391. The van der Waals surface area contributed by atoms with Crippen LogP contribution in [-0.4, -0.2) is 50.3 Å². The second-order valence-electron chi connectivity index (χ2n) is 8.50. The van der Waals surface area contributed by atoms with Gasteiger partial charge in [-0.25, -0.2) is 8.42 Å². The van der Waals surface area contributed by atoms with E-state index in [4.69, 9.17) is 27.9 Å². The minimum Gasteiger partial charge on any atom is -0.368 e. The van der Waals surface area contributed by atoms with Crippen LogP contribution in [0.25, 0.3) is 0 Å². The molecule has 0 radical (unpaired) electrons. The summed E-state index contributed by atoms with van der Waals surface area (Å²) in [5.74, 6) is 0. The summed E-state index contributed by atoms with van der Waals surface area (Å²) in [5.41, 5.74) is 3.36. The highest BCUT2D eigenvalue weighted by atomic mass is 35.5. The molecule has 0 aromatic heterocycles. The van der Waals surface area contributed by atoms with Crippen LogP contribution >= 0.6 is 23.2 Å². The van der Waals surface area contributed by atoms with Gasteiger partial charge in [-0.2, -0.15) is 4.31 Å². The Balaban J connectivity index is 1.42. The average Bonchev–Trinajstić information content (AvgIpc) is 2.83. The number of hydrogen-bond donors (Lipinski definition) is 0. The molecule has 1 aliphatic rings. The number of hydrogen-bond acceptors (Lipinski definition) is 4. The maximum atomic E-state index is 13.0. The van der Waals surface area contributed by atoms with Gasteiger partial charge in [-0.05, 0) is 48.4 Å². The Morgan fingerprint density at radius 2 is 1.59 bits per heavy atom. The number of piperazine rings is 1. The highest BCUT2D eigenvalue weighted by Gasteiger charge is 2.29. The van der Waals surface area contributed by atoms with E-state index in [0.29, 0.717) is 49.4 Å². The molecule has 180 valence electrons. The van der Waals surface area contributed by atoms with Crippen molar-refractivity contribution in [1.82, 2.24) is 9.21 Å². The summed E-state index contributed by atoms with van der Waals surface area (Å²) in [4.78, 5) is 2.48. The number of aryl methyl sites for hydroxylation is 1. The standard InChI is InChI=1S/C26H28Cl2N2O3S/c1-20-4-2-5-21(16-20)19-33-26(22-8-10-23(27)11-9-22)18-29-12-14-30(15-13-29)34(31,32)25-7-3-6-24(28)17-25/h2-11,16-17,26H,12-15,18-19H2,1H3/t26-/m1/s1. The van der Waals surface area contributed by atoms with Gasteiger partial charge in [-0.15, -0.1) is 0 Å². The summed E-state index contributed by atoms with van der Waals surface area (Å²) < 4.78 is 33.9. The Labute approximate surface area is 211 Å². The molecule has 0 bridgehead atoms. The number of sulfonamides is 1. The van der Waals surface area contributed by atoms with Gasteiger partial charge < -0.3 is 4.74 Å². The third kappa shape index (κ3) is 6.39. The summed E-state index contributed by atoms with van der Waals surface area (Å²) in [6.45, 7) is 5.31. The summed E-state index contributed by atoms with van der Waals surface area (Å²) in [5, 5.41) is 1.09. The molecule has 1 saturated heterocycles. The first-order chi connectivity index (χ1) is 16.3. The van der Waals surface area contributed by atoms with Crippen LogP contribution in [0.4, 0.5) is 0 Å². The van der Waals surface area contributed by atoms with Crippen molar-refractivity contribution < 1.29 is 13.2 Å². The van der Waals surface area contributed by atoms with Gasteiger partial charge in [0.15, 0.2) is 0 Å². The zero-order valence-corrected chi connectivity index (χ0v) is 21.4. The smallest absolute Gasteiger partial charge is 0.243 e. The molecule has 0 spiro atoms. The Hall–Kier alpha value is -1.93. The molecule has 34 heavy (non-hydrogen) atoms. The summed E-state index contributed by atoms with van der Waals surface area (Å²) in [6, 6.07) is 22.4. The van der Waals surface area contributed by atoms with Crippen molar-refractivity contribution >= 4 is 33.2 Å². The van der Waals surface area contributed by atoms with E-state index in [9.17, 15) is 8.42 Å². The van der Waals surface area contributed by atoms with E-state index in [1.54, 1.807) is 18.2 Å². The van der Waals surface area contributed by atoms with E-state index in [1.165, 1.54) is 15.9 Å². The lowest BCUT2D eigenvalue weighted by Gasteiger charge is -2.36. The molecule has 1 fully saturated rings.